The molecular formula is C14H23BrN4O3S. The molecule has 0 aromatic carbocycles. The molecule has 0 radical (unpaired) electrons. The molecule has 0 bridgehead atoms. The fraction of sp³-hybridized carbons (Fsp3) is 0.643. The second-order valence-electron chi connectivity index (χ2n) is 5.26. The van der Waals surface area contributed by atoms with Gasteiger partial charge < -0.3 is 9.74 Å². The molecule has 0 saturated carbocycles. The molecule has 1 fully saturated rings. The number of halogens is 1. The molecule has 23 heavy (non-hydrogen) atoms. The van der Waals surface area contributed by atoms with Crippen LogP contribution in [-0.2, 0) is 14.7 Å². The summed E-state index contributed by atoms with van der Waals surface area (Å²) in [5, 5.41) is 4.09. The number of allylic oxidation sites excluding steroid dienone is 1. The Kier molecular flexibility index (Phi) is 8.46. The maximum Gasteiger partial charge on any atom is 0.224 e. The highest BCUT2D eigenvalue weighted by Gasteiger charge is 2.18. The number of nitrogens with zero attached hydrogens (tertiary/aromatic N) is 4. The first-order valence-corrected chi connectivity index (χ1v) is 10.1. The Labute approximate surface area is 146 Å². The van der Waals surface area contributed by atoms with Gasteiger partial charge in [-0.05, 0) is 20.1 Å². The van der Waals surface area contributed by atoms with Crippen LogP contribution in [0.2, 0.25) is 0 Å². The molecule has 0 aromatic heterocycles. The van der Waals surface area contributed by atoms with E-state index in [1.165, 1.54) is 6.26 Å². The van der Waals surface area contributed by atoms with Crippen molar-refractivity contribution in [1.29, 1.82) is 0 Å². The number of sulfone groups is 1. The number of guanidine groups is 1. The Morgan fingerprint density at radius 2 is 2.09 bits per heavy atom. The molecule has 0 N–H and O–H groups in total. The van der Waals surface area contributed by atoms with Crippen LogP contribution in [0.5, 0.6) is 0 Å². The van der Waals surface area contributed by atoms with Crippen LogP contribution >= 0.6 is 15.9 Å². The first-order valence-electron chi connectivity index (χ1n) is 7.29. The maximum absolute atomic E-state index is 11.0. The van der Waals surface area contributed by atoms with E-state index in [1.807, 2.05) is 11.8 Å². The topological polar surface area (TPSA) is 83.7 Å². The van der Waals surface area contributed by atoms with E-state index >= 15 is 0 Å². The average Bonchev–Trinajstić information content (AvgIpc) is 2.47. The Hall–Kier alpha value is -1.22. The van der Waals surface area contributed by atoms with Gasteiger partial charge in [0.15, 0.2) is 0 Å². The predicted molar refractivity (Wildman–Crippen MR) is 98.2 cm³/mol. The Balaban J connectivity index is 2.39. The summed E-state index contributed by atoms with van der Waals surface area (Å²) in [5.74, 6) is 0.716. The lowest BCUT2D eigenvalue weighted by Gasteiger charge is -2.27. The molecule has 0 unspecified atom stereocenters. The van der Waals surface area contributed by atoms with Crippen molar-refractivity contribution in [3.05, 3.63) is 10.7 Å². The quantitative estimate of drug-likeness (QED) is 0.293. The number of aliphatic imine (C=N–C) groups is 2. The summed E-state index contributed by atoms with van der Waals surface area (Å²) in [6, 6.07) is 0. The van der Waals surface area contributed by atoms with Gasteiger partial charge in [-0.2, -0.15) is 0 Å². The SMILES string of the molecule is C=NC(=N/C=C(\C)Br)N1CCC(=NOCCCS(C)(=O)=O)CC1. The van der Waals surface area contributed by atoms with Gasteiger partial charge in [-0.1, -0.05) is 21.1 Å². The number of piperidine rings is 1. The monoisotopic (exact) mass is 406 g/mol. The predicted octanol–water partition coefficient (Wildman–Crippen LogP) is 2.20. The van der Waals surface area contributed by atoms with E-state index in [-0.39, 0.29) is 5.75 Å². The zero-order chi connectivity index (χ0) is 17.3. The number of hydrogen-bond donors (Lipinski definition) is 0. The van der Waals surface area contributed by atoms with Crippen LogP contribution in [-0.4, -0.2) is 63.4 Å². The molecule has 0 atom stereocenters. The standard InChI is InChI=1S/C14H23BrN4O3S/c1-12(15)11-17-14(16-2)19-7-5-13(6-8-19)18-22-9-4-10-23(3,20)21/h11H,2,4-10H2,1,3H3/b12-11+,17-14?. The largest absolute Gasteiger partial charge is 0.396 e. The van der Waals surface area contributed by atoms with Crippen molar-refractivity contribution in [2.75, 3.05) is 31.7 Å². The van der Waals surface area contributed by atoms with Crippen molar-refractivity contribution in [3.63, 3.8) is 0 Å². The van der Waals surface area contributed by atoms with Crippen LogP contribution in [0.25, 0.3) is 0 Å². The lowest BCUT2D eigenvalue weighted by atomic mass is 10.1. The smallest absolute Gasteiger partial charge is 0.224 e. The van der Waals surface area contributed by atoms with E-state index in [4.69, 9.17) is 4.84 Å². The second-order valence-corrected chi connectivity index (χ2v) is 8.77. The molecule has 1 aliphatic rings. The molecular weight excluding hydrogens is 384 g/mol. The number of hydrogen-bond acceptors (Lipinski definition) is 5. The first-order chi connectivity index (χ1) is 10.8. The highest BCUT2D eigenvalue weighted by Crippen LogP contribution is 2.10. The molecule has 1 aliphatic heterocycles. The van der Waals surface area contributed by atoms with E-state index < -0.39 is 9.84 Å². The van der Waals surface area contributed by atoms with E-state index in [2.05, 4.69) is 37.8 Å². The summed E-state index contributed by atoms with van der Waals surface area (Å²) in [5.41, 5.74) is 0.969. The van der Waals surface area contributed by atoms with Crippen molar-refractivity contribution >= 4 is 44.2 Å². The van der Waals surface area contributed by atoms with Crippen molar-refractivity contribution in [2.45, 2.75) is 26.2 Å². The van der Waals surface area contributed by atoms with Crippen molar-refractivity contribution < 1.29 is 13.3 Å². The number of likely N-dealkylation sites (tertiary alicyclic amines) is 1. The minimum Gasteiger partial charge on any atom is -0.396 e. The van der Waals surface area contributed by atoms with Gasteiger partial charge in [0.2, 0.25) is 5.96 Å². The van der Waals surface area contributed by atoms with E-state index in [1.54, 1.807) is 6.20 Å². The fourth-order valence-corrected chi connectivity index (χ4v) is 2.69. The van der Waals surface area contributed by atoms with E-state index in [9.17, 15) is 8.42 Å². The molecule has 0 amide bonds. The zero-order valence-corrected chi connectivity index (χ0v) is 15.9. The lowest BCUT2D eigenvalue weighted by molar-refractivity contribution is 0.143. The van der Waals surface area contributed by atoms with Crippen LogP contribution < -0.4 is 0 Å². The third-order valence-corrected chi connectivity index (χ3v) is 4.30. The summed E-state index contributed by atoms with van der Waals surface area (Å²) in [4.78, 5) is 15.5. The molecule has 0 aliphatic carbocycles. The zero-order valence-electron chi connectivity index (χ0n) is 13.5. The molecule has 7 nitrogen and oxygen atoms in total. The van der Waals surface area contributed by atoms with Crippen molar-refractivity contribution in [3.8, 4) is 0 Å². The van der Waals surface area contributed by atoms with Gasteiger partial charge in [-0.25, -0.2) is 18.4 Å². The maximum atomic E-state index is 11.0. The summed E-state index contributed by atoms with van der Waals surface area (Å²) in [6.07, 6.45) is 4.89. The van der Waals surface area contributed by atoms with Crippen molar-refractivity contribution in [1.82, 2.24) is 4.90 Å². The lowest BCUT2D eigenvalue weighted by Crippen LogP contribution is -2.37. The van der Waals surface area contributed by atoms with Gasteiger partial charge in [0.25, 0.3) is 0 Å². The Morgan fingerprint density at radius 1 is 1.43 bits per heavy atom. The minimum atomic E-state index is -2.93. The van der Waals surface area contributed by atoms with Gasteiger partial charge in [0.1, 0.15) is 16.4 Å². The Bertz CT molecular complexity index is 585. The third-order valence-electron chi connectivity index (χ3n) is 3.07. The highest BCUT2D eigenvalue weighted by atomic mass is 79.9. The van der Waals surface area contributed by atoms with Crippen LogP contribution in [0.3, 0.4) is 0 Å². The first kappa shape index (κ1) is 19.8. The summed E-state index contributed by atoms with van der Waals surface area (Å²) < 4.78 is 22.9. The summed E-state index contributed by atoms with van der Waals surface area (Å²) in [7, 11) is -2.93. The van der Waals surface area contributed by atoms with Gasteiger partial charge >= 0.3 is 0 Å². The van der Waals surface area contributed by atoms with Gasteiger partial charge in [-0.15, -0.1) is 0 Å². The Morgan fingerprint density at radius 3 is 2.61 bits per heavy atom. The van der Waals surface area contributed by atoms with Crippen LogP contribution in [0.15, 0.2) is 25.8 Å². The van der Waals surface area contributed by atoms with Gasteiger partial charge in [0.05, 0.1) is 11.5 Å². The van der Waals surface area contributed by atoms with Crippen molar-refractivity contribution in [2.24, 2.45) is 15.1 Å². The average molecular weight is 407 g/mol. The molecule has 1 rings (SSSR count). The van der Waals surface area contributed by atoms with Crippen LogP contribution in [0.1, 0.15) is 26.2 Å². The third kappa shape index (κ3) is 8.85. The van der Waals surface area contributed by atoms with E-state index in [0.29, 0.717) is 19.0 Å². The molecule has 9 heteroatoms. The molecule has 0 aromatic rings. The number of oxime groups is 1. The molecule has 1 heterocycles. The van der Waals surface area contributed by atoms with Crippen LogP contribution in [0, 0.1) is 0 Å². The highest BCUT2D eigenvalue weighted by molar-refractivity contribution is 9.11. The second kappa shape index (κ2) is 9.82. The molecule has 130 valence electrons. The van der Waals surface area contributed by atoms with Crippen LogP contribution in [0.4, 0.5) is 0 Å². The summed E-state index contributed by atoms with van der Waals surface area (Å²) in [6.45, 7) is 7.26. The number of rotatable bonds is 6. The molecule has 1 saturated heterocycles. The van der Waals surface area contributed by atoms with Gasteiger partial charge in [0, 0.05) is 42.9 Å². The molecule has 0 spiro atoms. The minimum absolute atomic E-state index is 0.122. The normalized spacial score (nSPS) is 17.2. The van der Waals surface area contributed by atoms with E-state index in [0.717, 1.165) is 36.1 Å². The fourth-order valence-electron chi connectivity index (χ4n) is 1.95. The summed E-state index contributed by atoms with van der Waals surface area (Å²) >= 11 is 3.32. The van der Waals surface area contributed by atoms with Gasteiger partial charge in [-0.3, -0.25) is 0 Å².